The van der Waals surface area contributed by atoms with Crippen LogP contribution in [-0.4, -0.2) is 17.2 Å². The Balaban J connectivity index is 2.23. The van der Waals surface area contributed by atoms with E-state index in [0.29, 0.717) is 17.2 Å². The van der Waals surface area contributed by atoms with Gasteiger partial charge in [0.15, 0.2) is 6.10 Å². The number of aliphatic carboxylic acids is 1. The molecule has 0 bridgehead atoms. The van der Waals surface area contributed by atoms with Gasteiger partial charge in [-0.1, -0.05) is 29.3 Å². The number of ether oxygens (including phenoxy) is 1. The molecular formula is C18H19ClO3. The highest BCUT2D eigenvalue weighted by Crippen LogP contribution is 2.22. The van der Waals surface area contributed by atoms with Gasteiger partial charge in [0.1, 0.15) is 5.75 Å². The van der Waals surface area contributed by atoms with E-state index in [4.69, 9.17) is 16.3 Å². The molecule has 0 radical (unpaired) electrons. The maximum atomic E-state index is 11.5. The van der Waals surface area contributed by atoms with Crippen LogP contribution in [0.1, 0.15) is 22.3 Å². The highest BCUT2D eigenvalue weighted by Gasteiger charge is 2.22. The Morgan fingerprint density at radius 1 is 1.14 bits per heavy atom. The monoisotopic (exact) mass is 318 g/mol. The normalized spacial score (nSPS) is 12.0. The summed E-state index contributed by atoms with van der Waals surface area (Å²) in [6.45, 7) is 6.02. The lowest BCUT2D eigenvalue weighted by atomic mass is 9.95. The first-order valence-corrected chi connectivity index (χ1v) is 7.46. The van der Waals surface area contributed by atoms with Crippen molar-refractivity contribution in [1.29, 1.82) is 0 Å². The van der Waals surface area contributed by atoms with Crippen molar-refractivity contribution in [3.63, 3.8) is 0 Å². The van der Waals surface area contributed by atoms with Crippen LogP contribution in [0.3, 0.4) is 0 Å². The van der Waals surface area contributed by atoms with Crippen molar-refractivity contribution >= 4 is 17.6 Å². The SMILES string of the molecule is Cc1cc(C)c(C[C@@H](Oc2ccc(Cl)cc2)C(=O)O)c(C)c1. The van der Waals surface area contributed by atoms with Crippen LogP contribution in [0.25, 0.3) is 0 Å². The van der Waals surface area contributed by atoms with Crippen molar-refractivity contribution in [2.75, 3.05) is 0 Å². The van der Waals surface area contributed by atoms with Gasteiger partial charge in [-0.15, -0.1) is 0 Å². The van der Waals surface area contributed by atoms with Crippen LogP contribution in [0.4, 0.5) is 0 Å². The van der Waals surface area contributed by atoms with Crippen LogP contribution in [0.2, 0.25) is 5.02 Å². The Hall–Kier alpha value is -2.00. The first-order chi connectivity index (χ1) is 10.4. The van der Waals surface area contributed by atoms with Crippen molar-refractivity contribution in [3.8, 4) is 5.75 Å². The summed E-state index contributed by atoms with van der Waals surface area (Å²) >= 11 is 5.83. The topological polar surface area (TPSA) is 46.5 Å². The molecule has 3 nitrogen and oxygen atoms in total. The number of rotatable bonds is 5. The molecule has 1 N–H and O–H groups in total. The van der Waals surface area contributed by atoms with Crippen LogP contribution >= 0.6 is 11.6 Å². The fourth-order valence-corrected chi connectivity index (χ4v) is 2.70. The number of carbonyl (C=O) groups is 1. The number of aryl methyl sites for hydroxylation is 3. The van der Waals surface area contributed by atoms with E-state index in [1.807, 2.05) is 20.8 Å². The number of hydrogen-bond acceptors (Lipinski definition) is 2. The van der Waals surface area contributed by atoms with Crippen molar-refractivity contribution < 1.29 is 14.6 Å². The van der Waals surface area contributed by atoms with Gasteiger partial charge in [-0.3, -0.25) is 0 Å². The smallest absolute Gasteiger partial charge is 0.345 e. The summed E-state index contributed by atoms with van der Waals surface area (Å²) < 4.78 is 5.62. The van der Waals surface area contributed by atoms with Gasteiger partial charge in [0.25, 0.3) is 0 Å². The molecule has 0 heterocycles. The summed E-state index contributed by atoms with van der Waals surface area (Å²) in [5, 5.41) is 10.0. The van der Waals surface area contributed by atoms with Gasteiger partial charge in [-0.25, -0.2) is 4.79 Å². The van der Waals surface area contributed by atoms with Crippen LogP contribution in [0, 0.1) is 20.8 Å². The van der Waals surface area contributed by atoms with Crippen LogP contribution < -0.4 is 4.74 Å². The second-order valence-corrected chi connectivity index (χ2v) is 5.92. The summed E-state index contributed by atoms with van der Waals surface area (Å²) in [5.74, 6) is -0.478. The Labute approximate surface area is 135 Å². The number of carboxylic acid groups (broad SMARTS) is 1. The Bertz CT molecular complexity index is 654. The van der Waals surface area contributed by atoms with E-state index >= 15 is 0 Å². The molecule has 0 aliphatic rings. The van der Waals surface area contributed by atoms with Gasteiger partial charge in [0.2, 0.25) is 0 Å². The Morgan fingerprint density at radius 2 is 1.68 bits per heavy atom. The molecule has 2 aromatic carbocycles. The highest BCUT2D eigenvalue weighted by molar-refractivity contribution is 6.30. The fourth-order valence-electron chi connectivity index (χ4n) is 2.57. The lowest BCUT2D eigenvalue weighted by Crippen LogP contribution is -2.30. The van der Waals surface area contributed by atoms with E-state index in [1.165, 1.54) is 5.56 Å². The van der Waals surface area contributed by atoms with E-state index in [1.54, 1.807) is 24.3 Å². The summed E-state index contributed by atoms with van der Waals surface area (Å²) in [5.41, 5.74) is 4.36. The number of carboxylic acids is 1. The zero-order chi connectivity index (χ0) is 16.3. The maximum absolute atomic E-state index is 11.5. The molecule has 2 rings (SSSR count). The summed E-state index contributed by atoms with van der Waals surface area (Å²) in [6.07, 6.45) is -0.600. The van der Waals surface area contributed by atoms with Crippen molar-refractivity contribution in [3.05, 3.63) is 63.7 Å². The van der Waals surface area contributed by atoms with Crippen LogP contribution in [-0.2, 0) is 11.2 Å². The van der Waals surface area contributed by atoms with Gasteiger partial charge >= 0.3 is 5.97 Å². The van der Waals surface area contributed by atoms with Gasteiger partial charge in [0, 0.05) is 11.4 Å². The average molecular weight is 319 g/mol. The fraction of sp³-hybridized carbons (Fsp3) is 0.278. The minimum atomic E-state index is -0.977. The lowest BCUT2D eigenvalue weighted by molar-refractivity contribution is -0.145. The molecule has 116 valence electrons. The molecule has 0 amide bonds. The minimum absolute atomic E-state index is 0.329. The quantitative estimate of drug-likeness (QED) is 0.892. The van der Waals surface area contributed by atoms with Gasteiger partial charge < -0.3 is 9.84 Å². The van der Waals surface area contributed by atoms with E-state index in [-0.39, 0.29) is 0 Å². The third-order valence-corrected chi connectivity index (χ3v) is 3.85. The molecule has 0 unspecified atom stereocenters. The molecule has 0 aliphatic carbocycles. The number of benzene rings is 2. The summed E-state index contributed by atoms with van der Waals surface area (Å²) in [7, 11) is 0. The number of halogens is 1. The van der Waals surface area contributed by atoms with Gasteiger partial charge in [0.05, 0.1) is 0 Å². The van der Waals surface area contributed by atoms with Crippen molar-refractivity contribution in [1.82, 2.24) is 0 Å². The first-order valence-electron chi connectivity index (χ1n) is 7.08. The Morgan fingerprint density at radius 3 is 2.18 bits per heavy atom. The largest absolute Gasteiger partial charge is 0.478 e. The van der Waals surface area contributed by atoms with E-state index < -0.39 is 12.1 Å². The number of hydrogen-bond donors (Lipinski definition) is 1. The molecule has 0 saturated carbocycles. The second kappa shape index (κ2) is 6.84. The van der Waals surface area contributed by atoms with Crippen LogP contribution in [0.5, 0.6) is 5.75 Å². The molecule has 0 fully saturated rings. The predicted octanol–water partition coefficient (Wildman–Crippen LogP) is 4.34. The van der Waals surface area contributed by atoms with Gasteiger partial charge in [-0.05, 0) is 61.7 Å². The molecule has 0 saturated heterocycles. The van der Waals surface area contributed by atoms with Crippen molar-refractivity contribution in [2.45, 2.75) is 33.3 Å². The van der Waals surface area contributed by atoms with E-state index in [9.17, 15) is 9.90 Å². The molecule has 1 atom stereocenters. The molecule has 0 aliphatic heterocycles. The second-order valence-electron chi connectivity index (χ2n) is 5.48. The van der Waals surface area contributed by atoms with E-state index in [2.05, 4.69) is 12.1 Å². The molecule has 0 aromatic heterocycles. The Kier molecular flexibility index (Phi) is 5.09. The first kappa shape index (κ1) is 16.4. The molecule has 22 heavy (non-hydrogen) atoms. The zero-order valence-electron chi connectivity index (χ0n) is 12.9. The molecule has 2 aromatic rings. The minimum Gasteiger partial charge on any atom is -0.478 e. The predicted molar refractivity (Wildman–Crippen MR) is 87.9 cm³/mol. The lowest BCUT2D eigenvalue weighted by Gasteiger charge is -2.18. The average Bonchev–Trinajstić information content (AvgIpc) is 2.43. The van der Waals surface area contributed by atoms with E-state index in [0.717, 1.165) is 16.7 Å². The summed E-state index contributed by atoms with van der Waals surface area (Å²) in [4.78, 5) is 11.5. The third-order valence-electron chi connectivity index (χ3n) is 3.60. The molecular weight excluding hydrogens is 300 g/mol. The van der Waals surface area contributed by atoms with Gasteiger partial charge in [-0.2, -0.15) is 0 Å². The highest BCUT2D eigenvalue weighted by atomic mass is 35.5. The maximum Gasteiger partial charge on any atom is 0.345 e. The summed E-state index contributed by atoms with van der Waals surface area (Å²) in [6, 6.07) is 10.8. The van der Waals surface area contributed by atoms with Crippen molar-refractivity contribution in [2.24, 2.45) is 0 Å². The van der Waals surface area contributed by atoms with Crippen LogP contribution in [0.15, 0.2) is 36.4 Å². The molecule has 0 spiro atoms. The third kappa shape index (κ3) is 4.01. The zero-order valence-corrected chi connectivity index (χ0v) is 13.6. The molecule has 4 heteroatoms. The standard InChI is InChI=1S/C18H19ClO3/c1-11-8-12(2)16(13(3)9-11)10-17(18(20)21)22-15-6-4-14(19)5-7-15/h4-9,17H,10H2,1-3H3,(H,20,21)/t17-/m1/s1.